The fraction of sp³-hybridized carbons (Fsp3) is 0.556. The summed E-state index contributed by atoms with van der Waals surface area (Å²) in [6.45, 7) is 0.325. The molecule has 0 heterocycles. The first-order valence-electron chi connectivity index (χ1n) is 9.03. The van der Waals surface area contributed by atoms with Gasteiger partial charge in [0.2, 0.25) is 16.4 Å². The van der Waals surface area contributed by atoms with Gasteiger partial charge in [0, 0.05) is 22.1 Å². The summed E-state index contributed by atoms with van der Waals surface area (Å²) in [5.41, 5.74) is 5.69. The Morgan fingerprint density at radius 2 is 1.81 bits per heavy atom. The Kier molecular flexibility index (Phi) is 5.50. The zero-order valence-corrected chi connectivity index (χ0v) is 15.8. The number of urea groups is 1. The van der Waals surface area contributed by atoms with Gasteiger partial charge in [-0.05, 0) is 67.2 Å². The van der Waals surface area contributed by atoms with Gasteiger partial charge in [-0.25, -0.2) is 17.9 Å². The quantitative estimate of drug-likeness (QED) is 0.705. The summed E-state index contributed by atoms with van der Waals surface area (Å²) in [6, 6.07) is 1.55. The molecule has 146 valence electrons. The fourth-order valence-corrected chi connectivity index (χ4v) is 4.80. The van der Waals surface area contributed by atoms with Crippen LogP contribution in [0.2, 0.25) is 0 Å². The van der Waals surface area contributed by atoms with Gasteiger partial charge < -0.3 is 10.2 Å². The zero-order chi connectivity index (χ0) is 18.7. The van der Waals surface area contributed by atoms with Crippen molar-refractivity contribution in [2.24, 2.45) is 0 Å². The number of hydrogen-bond donors (Lipinski definition) is 2. The van der Waals surface area contributed by atoms with Crippen LogP contribution in [0.3, 0.4) is 0 Å². The lowest BCUT2D eigenvalue weighted by atomic mass is 9.99. The maximum Gasteiger partial charge on any atom is 0.332 e. The van der Waals surface area contributed by atoms with E-state index in [1.54, 1.807) is 7.05 Å². The number of fused-ring (bicyclic) bond motifs is 2. The van der Waals surface area contributed by atoms with Crippen LogP contribution in [0.1, 0.15) is 44.4 Å². The first kappa shape index (κ1) is 18.7. The molecular formula is C18H29N3O4S. The topological polar surface area (TPSA) is 95.6 Å². The lowest BCUT2D eigenvalue weighted by Gasteiger charge is -2.17. The number of anilines is 1. The lowest BCUT2D eigenvalue weighted by Crippen LogP contribution is -2.37. The summed E-state index contributed by atoms with van der Waals surface area (Å²) in [6.07, 6.45) is 6.92. The third-order valence-corrected chi connectivity index (χ3v) is 6.39. The Morgan fingerprint density at radius 3 is 2.38 bits per heavy atom. The molecule has 8 heteroatoms. The Morgan fingerprint density at radius 1 is 1.19 bits per heavy atom. The number of rotatable bonds is 7. The normalized spacial score (nSPS) is 15.3. The molecule has 0 atom stereocenters. The monoisotopic (exact) mass is 383 g/mol. The summed E-state index contributed by atoms with van der Waals surface area (Å²) in [5.74, 6) is -0.205. The van der Waals surface area contributed by atoms with Crippen LogP contribution in [0.25, 0.3) is 0 Å². The number of nitrogens with zero attached hydrogens (tertiary/aromatic N) is 1. The van der Waals surface area contributed by atoms with Crippen molar-refractivity contribution in [2.45, 2.75) is 44.9 Å². The largest absolute Gasteiger partial charge is 0.348 e. The number of benzene rings is 1. The van der Waals surface area contributed by atoms with E-state index in [2.05, 4.69) is 16.1 Å². The van der Waals surface area contributed by atoms with Gasteiger partial charge in [0.15, 0.2) is 0 Å². The average molecular weight is 384 g/mol. The van der Waals surface area contributed by atoms with Crippen molar-refractivity contribution in [1.29, 1.82) is 0 Å². The van der Waals surface area contributed by atoms with Crippen LogP contribution in [-0.4, -0.2) is 45.1 Å². The SMILES string of the molecule is CN(C=O)CCCS(=O)(=O)NC(=O)Nc1c2c(cc3c1CCC3)CCC2.[HH].[HH]. The van der Waals surface area contributed by atoms with Gasteiger partial charge in [-0.2, -0.15) is 0 Å². The molecule has 3 amide bonds. The van der Waals surface area contributed by atoms with Crippen LogP contribution in [0.5, 0.6) is 0 Å². The molecule has 0 radical (unpaired) electrons. The molecule has 7 nitrogen and oxygen atoms in total. The Labute approximate surface area is 157 Å². The fourth-order valence-electron chi connectivity index (χ4n) is 3.86. The molecule has 2 N–H and O–H groups in total. The smallest absolute Gasteiger partial charge is 0.332 e. The molecule has 0 aromatic heterocycles. The summed E-state index contributed by atoms with van der Waals surface area (Å²) in [5, 5.41) is 2.81. The van der Waals surface area contributed by atoms with E-state index in [1.165, 1.54) is 16.0 Å². The number of nitrogens with one attached hydrogen (secondary N) is 2. The highest BCUT2D eigenvalue weighted by Gasteiger charge is 2.25. The van der Waals surface area contributed by atoms with E-state index in [4.69, 9.17) is 0 Å². The zero-order valence-electron chi connectivity index (χ0n) is 15.0. The van der Waals surface area contributed by atoms with E-state index in [1.807, 2.05) is 0 Å². The molecule has 2 aliphatic carbocycles. The van der Waals surface area contributed by atoms with Crippen molar-refractivity contribution in [2.75, 3.05) is 24.7 Å². The van der Waals surface area contributed by atoms with Gasteiger partial charge >= 0.3 is 6.03 Å². The van der Waals surface area contributed by atoms with E-state index in [9.17, 15) is 18.0 Å². The highest BCUT2D eigenvalue weighted by atomic mass is 32.2. The van der Waals surface area contributed by atoms with Gasteiger partial charge in [0.25, 0.3) is 0 Å². The van der Waals surface area contributed by atoms with Crippen LogP contribution >= 0.6 is 0 Å². The second kappa shape index (κ2) is 7.65. The predicted octanol–water partition coefficient (Wildman–Crippen LogP) is 2.09. The van der Waals surface area contributed by atoms with Crippen LogP contribution in [0, 0.1) is 0 Å². The number of aryl methyl sites for hydroxylation is 2. The van der Waals surface area contributed by atoms with Crippen molar-refractivity contribution in [3.8, 4) is 0 Å². The van der Waals surface area contributed by atoms with Gasteiger partial charge in [-0.15, -0.1) is 0 Å². The maximum atomic E-state index is 12.3. The Bertz CT molecular complexity index is 798. The van der Waals surface area contributed by atoms with Gasteiger partial charge in [0.1, 0.15) is 0 Å². The molecule has 0 unspecified atom stereocenters. The highest BCUT2D eigenvalue weighted by Crippen LogP contribution is 2.38. The standard InChI is InChI=1S/C18H25N3O4S.2H2/c1-21(12-22)9-4-10-26(24,25)20-18(23)19-17-15-7-2-5-13(15)11-14-6-3-8-16(14)17;;/h11-12H,2-10H2,1H3,(H2,19,20,23);2*1H. The molecule has 26 heavy (non-hydrogen) atoms. The Balaban J connectivity index is 0.00000196. The van der Waals surface area contributed by atoms with Crippen molar-refractivity contribution in [1.82, 2.24) is 9.62 Å². The predicted molar refractivity (Wildman–Crippen MR) is 104 cm³/mol. The van der Waals surface area contributed by atoms with Crippen LogP contribution in [0.4, 0.5) is 10.5 Å². The molecule has 0 spiro atoms. The van der Waals surface area contributed by atoms with Crippen LogP contribution in [0.15, 0.2) is 6.07 Å². The first-order valence-corrected chi connectivity index (χ1v) is 10.7. The molecular weight excluding hydrogens is 354 g/mol. The van der Waals surface area contributed by atoms with Crippen molar-refractivity contribution in [3.05, 3.63) is 28.3 Å². The van der Waals surface area contributed by atoms with Gasteiger partial charge in [-0.3, -0.25) is 4.79 Å². The molecule has 0 aliphatic heterocycles. The molecule has 2 aliphatic rings. The third kappa shape index (κ3) is 4.17. The minimum absolute atomic E-state index is 0. The maximum absolute atomic E-state index is 12.3. The molecule has 0 saturated heterocycles. The van der Waals surface area contributed by atoms with Crippen molar-refractivity contribution >= 4 is 28.2 Å². The molecule has 1 aromatic rings. The van der Waals surface area contributed by atoms with Gasteiger partial charge in [-0.1, -0.05) is 6.07 Å². The molecule has 3 rings (SSSR count). The summed E-state index contributed by atoms with van der Waals surface area (Å²) < 4.78 is 26.3. The van der Waals surface area contributed by atoms with E-state index < -0.39 is 16.1 Å². The molecule has 0 saturated carbocycles. The van der Waals surface area contributed by atoms with E-state index in [0.29, 0.717) is 13.0 Å². The van der Waals surface area contributed by atoms with E-state index >= 15 is 0 Å². The molecule has 1 aromatic carbocycles. The van der Waals surface area contributed by atoms with Crippen molar-refractivity contribution < 1.29 is 20.9 Å². The molecule has 0 fully saturated rings. The van der Waals surface area contributed by atoms with Crippen molar-refractivity contribution in [3.63, 3.8) is 0 Å². The lowest BCUT2D eigenvalue weighted by molar-refractivity contribution is -0.117. The van der Waals surface area contributed by atoms with Crippen LogP contribution < -0.4 is 10.0 Å². The van der Waals surface area contributed by atoms with Gasteiger partial charge in [0.05, 0.1) is 5.75 Å². The van der Waals surface area contributed by atoms with E-state index in [0.717, 1.165) is 55.3 Å². The Hall–Kier alpha value is -2.09. The number of amides is 3. The second-order valence-corrected chi connectivity index (χ2v) is 8.89. The van der Waals surface area contributed by atoms with E-state index in [-0.39, 0.29) is 15.0 Å². The summed E-state index contributed by atoms with van der Waals surface area (Å²) >= 11 is 0. The first-order chi connectivity index (χ1) is 12.4. The number of sulfonamides is 1. The number of carbonyl (C=O) groups is 2. The minimum Gasteiger partial charge on any atom is -0.348 e. The average Bonchev–Trinajstić information content (AvgIpc) is 3.22. The van der Waals surface area contributed by atoms with Crippen LogP contribution in [-0.2, 0) is 40.5 Å². The third-order valence-electron chi connectivity index (χ3n) is 5.06. The summed E-state index contributed by atoms with van der Waals surface area (Å²) in [4.78, 5) is 24.2. The highest BCUT2D eigenvalue weighted by molar-refractivity contribution is 7.90. The second-order valence-electron chi connectivity index (χ2n) is 7.05. The minimum atomic E-state index is -3.74. The number of carbonyl (C=O) groups excluding carboxylic acids is 2. The molecule has 0 bridgehead atoms. The summed E-state index contributed by atoms with van der Waals surface area (Å²) in [7, 11) is -2.16. The number of hydrogen-bond acceptors (Lipinski definition) is 4.